The molecule has 1 N–H and O–H groups in total. The number of Topliss-reactive ketones (excluding diaryl/α,β-unsaturated/α-hetero) is 1. The molecule has 0 spiro atoms. The van der Waals surface area contributed by atoms with Crippen LogP contribution in [0, 0.1) is 0 Å². The number of hydrogen-bond donors (Lipinski definition) is 1. The number of aliphatic hydroxyl groups is 1. The minimum atomic E-state index is -1.96. The van der Waals surface area contributed by atoms with E-state index in [1.807, 2.05) is 6.07 Å². The molecule has 1 atom stereocenters. The van der Waals surface area contributed by atoms with Gasteiger partial charge in [-0.1, -0.05) is 30.3 Å². The molecule has 2 aromatic carbocycles. The fourth-order valence-electron chi connectivity index (χ4n) is 3.85. The zero-order valence-electron chi connectivity index (χ0n) is 17.2. The van der Waals surface area contributed by atoms with Crippen molar-refractivity contribution in [2.75, 3.05) is 19.1 Å². The van der Waals surface area contributed by atoms with Gasteiger partial charge in [-0.05, 0) is 35.9 Å². The van der Waals surface area contributed by atoms with Gasteiger partial charge in [0.05, 0.1) is 32.9 Å². The lowest BCUT2D eigenvalue weighted by Gasteiger charge is -2.23. The average molecular weight is 418 g/mol. The summed E-state index contributed by atoms with van der Waals surface area (Å²) in [5.41, 5.74) is 0.0193. The van der Waals surface area contributed by atoms with Gasteiger partial charge in [-0.3, -0.25) is 14.6 Å². The smallest absolute Gasteiger partial charge is 0.264 e. The second-order valence-electron chi connectivity index (χ2n) is 7.27. The molecule has 0 radical (unpaired) electrons. The topological polar surface area (TPSA) is 89.0 Å². The number of para-hydroxylation sites is 1. The number of ether oxygens (including phenoxy) is 2. The number of aromatic nitrogens is 1. The number of rotatable bonds is 7. The molecule has 0 bridgehead atoms. The number of benzene rings is 2. The van der Waals surface area contributed by atoms with E-state index in [1.165, 1.54) is 11.1 Å². The summed E-state index contributed by atoms with van der Waals surface area (Å²) in [4.78, 5) is 31.7. The maximum absolute atomic E-state index is 13.4. The predicted octanol–water partition coefficient (Wildman–Crippen LogP) is 3.11. The van der Waals surface area contributed by atoms with Crippen molar-refractivity contribution in [3.63, 3.8) is 0 Å². The van der Waals surface area contributed by atoms with E-state index in [0.717, 1.165) is 5.56 Å². The quantitative estimate of drug-likeness (QED) is 0.593. The average Bonchev–Trinajstić information content (AvgIpc) is 3.01. The van der Waals surface area contributed by atoms with Crippen LogP contribution in [0.25, 0.3) is 0 Å². The predicted molar refractivity (Wildman–Crippen MR) is 114 cm³/mol. The van der Waals surface area contributed by atoms with Gasteiger partial charge in [0.25, 0.3) is 5.91 Å². The van der Waals surface area contributed by atoms with Gasteiger partial charge in [-0.15, -0.1) is 0 Å². The molecule has 3 aromatic rings. The van der Waals surface area contributed by atoms with Gasteiger partial charge >= 0.3 is 0 Å². The molecule has 1 amide bonds. The first-order valence-electron chi connectivity index (χ1n) is 9.77. The lowest BCUT2D eigenvalue weighted by atomic mass is 9.89. The highest BCUT2D eigenvalue weighted by Crippen LogP contribution is 2.43. The molecule has 1 aliphatic heterocycles. The molecule has 7 nitrogen and oxygen atoms in total. The Labute approximate surface area is 179 Å². The van der Waals surface area contributed by atoms with E-state index in [2.05, 4.69) is 4.98 Å². The summed E-state index contributed by atoms with van der Waals surface area (Å²) in [7, 11) is 3.09. The van der Waals surface area contributed by atoms with Crippen molar-refractivity contribution in [2.24, 2.45) is 0 Å². The van der Waals surface area contributed by atoms with E-state index in [4.69, 9.17) is 9.47 Å². The van der Waals surface area contributed by atoms with Crippen LogP contribution < -0.4 is 14.4 Å². The first-order chi connectivity index (χ1) is 15.0. The summed E-state index contributed by atoms with van der Waals surface area (Å²) in [5, 5.41) is 11.4. The number of fused-ring (bicyclic) bond motifs is 1. The van der Waals surface area contributed by atoms with Crippen molar-refractivity contribution < 1.29 is 24.2 Å². The third kappa shape index (κ3) is 3.64. The standard InChI is InChI=1S/C24H22N2O5/c1-30-21-11-10-16(13-22(21)31-2)15-26-19-9-4-3-7-17(19)24(29,23(26)28)14-20(27)18-8-5-6-12-25-18/h3-13,29H,14-15H2,1-2H3/t24-/m0/s1. The number of carbonyl (C=O) groups is 2. The van der Waals surface area contributed by atoms with E-state index in [0.29, 0.717) is 22.7 Å². The molecule has 0 aliphatic carbocycles. The number of methoxy groups -OCH3 is 2. The largest absolute Gasteiger partial charge is 0.493 e. The Hall–Kier alpha value is -3.71. The summed E-state index contributed by atoms with van der Waals surface area (Å²) in [6.45, 7) is 0.205. The lowest BCUT2D eigenvalue weighted by molar-refractivity contribution is -0.136. The summed E-state index contributed by atoms with van der Waals surface area (Å²) >= 11 is 0. The van der Waals surface area contributed by atoms with E-state index in [9.17, 15) is 14.7 Å². The number of nitrogens with zero attached hydrogens (tertiary/aromatic N) is 2. The highest BCUT2D eigenvalue weighted by atomic mass is 16.5. The van der Waals surface area contributed by atoms with E-state index in [1.54, 1.807) is 68.8 Å². The van der Waals surface area contributed by atoms with Gasteiger partial charge in [0.2, 0.25) is 0 Å². The van der Waals surface area contributed by atoms with Gasteiger partial charge < -0.3 is 19.5 Å². The second-order valence-corrected chi connectivity index (χ2v) is 7.27. The first kappa shape index (κ1) is 20.6. The molecule has 4 rings (SSSR count). The second kappa shape index (κ2) is 8.20. The fourth-order valence-corrected chi connectivity index (χ4v) is 3.85. The molecule has 31 heavy (non-hydrogen) atoms. The number of amides is 1. The van der Waals surface area contributed by atoms with Crippen LogP contribution in [0.4, 0.5) is 5.69 Å². The van der Waals surface area contributed by atoms with Crippen LogP contribution in [0.2, 0.25) is 0 Å². The zero-order valence-corrected chi connectivity index (χ0v) is 17.2. The maximum Gasteiger partial charge on any atom is 0.264 e. The highest BCUT2D eigenvalue weighted by Gasteiger charge is 2.50. The van der Waals surface area contributed by atoms with Gasteiger partial charge in [0.15, 0.2) is 22.9 Å². The number of hydrogen-bond acceptors (Lipinski definition) is 6. The molecular weight excluding hydrogens is 396 g/mol. The zero-order chi connectivity index (χ0) is 22.0. The van der Waals surface area contributed by atoms with Crippen molar-refractivity contribution in [3.8, 4) is 11.5 Å². The van der Waals surface area contributed by atoms with Crippen LogP contribution in [-0.2, 0) is 16.9 Å². The van der Waals surface area contributed by atoms with Crippen LogP contribution in [0.1, 0.15) is 28.0 Å². The third-order valence-corrected chi connectivity index (χ3v) is 5.39. The summed E-state index contributed by atoms with van der Waals surface area (Å²) < 4.78 is 10.6. The van der Waals surface area contributed by atoms with E-state index < -0.39 is 17.3 Å². The molecule has 2 heterocycles. The van der Waals surface area contributed by atoms with Crippen molar-refractivity contribution in [1.82, 2.24) is 4.98 Å². The number of anilines is 1. The molecule has 158 valence electrons. The molecule has 0 fully saturated rings. The summed E-state index contributed by atoms with van der Waals surface area (Å²) in [6, 6.07) is 17.3. The Balaban J connectivity index is 1.67. The number of carbonyl (C=O) groups excluding carboxylic acids is 2. The van der Waals surface area contributed by atoms with Crippen LogP contribution in [0.3, 0.4) is 0 Å². The Morgan fingerprint density at radius 1 is 1.03 bits per heavy atom. The monoisotopic (exact) mass is 418 g/mol. The Kier molecular flexibility index (Phi) is 5.44. The molecule has 0 saturated carbocycles. The maximum atomic E-state index is 13.4. The van der Waals surface area contributed by atoms with Crippen molar-refractivity contribution in [1.29, 1.82) is 0 Å². The van der Waals surface area contributed by atoms with Crippen LogP contribution >= 0.6 is 0 Å². The Bertz CT molecular complexity index is 1130. The van der Waals surface area contributed by atoms with Gasteiger partial charge in [0, 0.05) is 11.8 Å². The highest BCUT2D eigenvalue weighted by molar-refractivity contribution is 6.10. The van der Waals surface area contributed by atoms with Gasteiger partial charge in [-0.2, -0.15) is 0 Å². The normalized spacial score (nSPS) is 17.4. The minimum absolute atomic E-state index is 0.205. The Morgan fingerprint density at radius 3 is 2.48 bits per heavy atom. The van der Waals surface area contributed by atoms with Gasteiger partial charge in [0.1, 0.15) is 5.69 Å². The fraction of sp³-hybridized carbons (Fsp3) is 0.208. The van der Waals surface area contributed by atoms with Crippen LogP contribution in [-0.4, -0.2) is 36.0 Å². The molecular formula is C24H22N2O5. The number of ketones is 1. The van der Waals surface area contributed by atoms with E-state index >= 15 is 0 Å². The summed E-state index contributed by atoms with van der Waals surface area (Å²) in [6.07, 6.45) is 1.12. The van der Waals surface area contributed by atoms with Crippen molar-refractivity contribution in [2.45, 2.75) is 18.6 Å². The SMILES string of the molecule is COc1ccc(CN2C(=O)[C@](O)(CC(=O)c3ccccn3)c3ccccc32)cc1OC. The molecule has 0 unspecified atom stereocenters. The molecule has 0 saturated heterocycles. The molecule has 7 heteroatoms. The molecule has 1 aromatic heterocycles. The van der Waals surface area contributed by atoms with Crippen molar-refractivity contribution >= 4 is 17.4 Å². The number of pyridine rings is 1. The van der Waals surface area contributed by atoms with Crippen molar-refractivity contribution in [3.05, 3.63) is 83.7 Å². The van der Waals surface area contributed by atoms with E-state index in [-0.39, 0.29) is 18.7 Å². The molecule has 1 aliphatic rings. The third-order valence-electron chi connectivity index (χ3n) is 5.39. The van der Waals surface area contributed by atoms with Gasteiger partial charge in [-0.25, -0.2) is 0 Å². The Morgan fingerprint density at radius 2 is 1.77 bits per heavy atom. The van der Waals surface area contributed by atoms with Crippen LogP contribution in [0.5, 0.6) is 11.5 Å². The first-order valence-corrected chi connectivity index (χ1v) is 9.77. The van der Waals surface area contributed by atoms with Crippen LogP contribution in [0.15, 0.2) is 66.9 Å². The summed E-state index contributed by atoms with van der Waals surface area (Å²) in [5.74, 6) is 0.171. The minimum Gasteiger partial charge on any atom is -0.493 e. The lowest BCUT2D eigenvalue weighted by Crippen LogP contribution is -2.41.